The van der Waals surface area contributed by atoms with Crippen LogP contribution in [0.1, 0.15) is 12.5 Å². The average Bonchev–Trinajstić information content (AvgIpc) is 2.87. The van der Waals surface area contributed by atoms with Crippen molar-refractivity contribution >= 4 is 22.8 Å². The zero-order valence-electron chi connectivity index (χ0n) is 11.5. The fourth-order valence-electron chi connectivity index (χ4n) is 2.33. The van der Waals surface area contributed by atoms with Gasteiger partial charge in [0.25, 0.3) is 0 Å². The molecule has 0 aliphatic rings. The predicted molar refractivity (Wildman–Crippen MR) is 85.3 cm³/mol. The molecule has 1 heterocycles. The van der Waals surface area contributed by atoms with Crippen molar-refractivity contribution in [3.05, 3.63) is 66.4 Å². The van der Waals surface area contributed by atoms with Crippen LogP contribution < -0.4 is 5.43 Å². The first kappa shape index (κ1) is 12.5. The Labute approximate surface area is 118 Å². The second-order valence-electron chi connectivity index (χ2n) is 4.62. The number of benzene rings is 2. The van der Waals surface area contributed by atoms with Gasteiger partial charge in [-0.25, -0.2) is 0 Å². The molecule has 0 fully saturated rings. The number of para-hydroxylation sites is 2. The molecule has 0 saturated heterocycles. The summed E-state index contributed by atoms with van der Waals surface area (Å²) < 4.78 is 2.24. The SMILES string of the molecule is CCn1cc(/C=N\Nc2ccccc2)c2ccccc21. The van der Waals surface area contributed by atoms with E-state index in [9.17, 15) is 0 Å². The molecule has 2 aromatic carbocycles. The van der Waals surface area contributed by atoms with Crippen LogP contribution in [0.5, 0.6) is 0 Å². The summed E-state index contributed by atoms with van der Waals surface area (Å²) in [4.78, 5) is 0. The lowest BCUT2D eigenvalue weighted by molar-refractivity contribution is 0.797. The third-order valence-corrected chi connectivity index (χ3v) is 3.33. The van der Waals surface area contributed by atoms with E-state index in [2.05, 4.69) is 52.5 Å². The Morgan fingerprint density at radius 1 is 1.05 bits per heavy atom. The maximum absolute atomic E-state index is 4.32. The average molecular weight is 263 g/mol. The van der Waals surface area contributed by atoms with Crippen molar-refractivity contribution in [2.45, 2.75) is 13.5 Å². The summed E-state index contributed by atoms with van der Waals surface area (Å²) in [6.45, 7) is 3.11. The minimum absolute atomic E-state index is 0.959. The van der Waals surface area contributed by atoms with Crippen LogP contribution in [0.25, 0.3) is 10.9 Å². The number of aromatic nitrogens is 1. The molecule has 0 saturated carbocycles. The fourth-order valence-corrected chi connectivity index (χ4v) is 2.33. The predicted octanol–water partition coefficient (Wildman–Crippen LogP) is 4.11. The zero-order chi connectivity index (χ0) is 13.8. The third-order valence-electron chi connectivity index (χ3n) is 3.33. The van der Waals surface area contributed by atoms with E-state index in [1.807, 2.05) is 36.5 Å². The molecule has 3 aromatic rings. The van der Waals surface area contributed by atoms with Crippen molar-refractivity contribution < 1.29 is 0 Å². The summed E-state index contributed by atoms with van der Waals surface area (Å²) in [6, 6.07) is 18.3. The van der Waals surface area contributed by atoms with E-state index in [1.165, 1.54) is 10.9 Å². The van der Waals surface area contributed by atoms with Crippen molar-refractivity contribution in [3.8, 4) is 0 Å². The van der Waals surface area contributed by atoms with Gasteiger partial charge in [-0.1, -0.05) is 36.4 Å². The number of nitrogens with one attached hydrogen (secondary N) is 1. The summed E-state index contributed by atoms with van der Waals surface area (Å²) in [5.74, 6) is 0. The van der Waals surface area contributed by atoms with Crippen LogP contribution in [0.2, 0.25) is 0 Å². The largest absolute Gasteiger partial charge is 0.347 e. The zero-order valence-corrected chi connectivity index (χ0v) is 11.5. The molecule has 1 aromatic heterocycles. The molecular formula is C17H17N3. The molecule has 100 valence electrons. The first-order valence-corrected chi connectivity index (χ1v) is 6.80. The first-order valence-electron chi connectivity index (χ1n) is 6.80. The van der Waals surface area contributed by atoms with Crippen molar-refractivity contribution in [1.82, 2.24) is 4.57 Å². The minimum atomic E-state index is 0.959. The molecule has 0 bridgehead atoms. The molecule has 3 nitrogen and oxygen atoms in total. The number of nitrogens with zero attached hydrogens (tertiary/aromatic N) is 2. The highest BCUT2D eigenvalue weighted by atomic mass is 15.3. The van der Waals surface area contributed by atoms with Crippen LogP contribution in [-0.2, 0) is 6.54 Å². The summed E-state index contributed by atoms with van der Waals surface area (Å²) in [5, 5.41) is 5.55. The Kier molecular flexibility index (Phi) is 3.50. The van der Waals surface area contributed by atoms with Gasteiger partial charge in [-0.2, -0.15) is 5.10 Å². The van der Waals surface area contributed by atoms with Gasteiger partial charge in [0.05, 0.1) is 11.9 Å². The van der Waals surface area contributed by atoms with E-state index in [-0.39, 0.29) is 0 Å². The smallest absolute Gasteiger partial charge is 0.0566 e. The Morgan fingerprint density at radius 3 is 2.60 bits per heavy atom. The summed E-state index contributed by atoms with van der Waals surface area (Å²) >= 11 is 0. The van der Waals surface area contributed by atoms with Crippen LogP contribution >= 0.6 is 0 Å². The molecule has 0 aliphatic heterocycles. The molecule has 3 rings (SSSR count). The number of hydrogen-bond donors (Lipinski definition) is 1. The Balaban J connectivity index is 1.87. The van der Waals surface area contributed by atoms with Crippen molar-refractivity contribution in [1.29, 1.82) is 0 Å². The van der Waals surface area contributed by atoms with Crippen LogP contribution in [0.4, 0.5) is 5.69 Å². The van der Waals surface area contributed by atoms with Crippen molar-refractivity contribution in [2.75, 3.05) is 5.43 Å². The van der Waals surface area contributed by atoms with Gasteiger partial charge in [0.1, 0.15) is 0 Å². The monoisotopic (exact) mass is 263 g/mol. The van der Waals surface area contributed by atoms with Gasteiger partial charge >= 0.3 is 0 Å². The number of fused-ring (bicyclic) bond motifs is 1. The number of anilines is 1. The van der Waals surface area contributed by atoms with Crippen molar-refractivity contribution in [2.24, 2.45) is 5.10 Å². The first-order chi connectivity index (χ1) is 9.88. The van der Waals surface area contributed by atoms with Crippen molar-refractivity contribution in [3.63, 3.8) is 0 Å². The topological polar surface area (TPSA) is 29.3 Å². The molecule has 0 amide bonds. The number of rotatable bonds is 4. The molecule has 20 heavy (non-hydrogen) atoms. The Morgan fingerprint density at radius 2 is 1.80 bits per heavy atom. The van der Waals surface area contributed by atoms with E-state index in [0.29, 0.717) is 0 Å². The van der Waals surface area contributed by atoms with Gasteiger partial charge in [0.15, 0.2) is 0 Å². The highest BCUT2D eigenvalue weighted by Gasteiger charge is 2.04. The fraction of sp³-hybridized carbons (Fsp3) is 0.118. The minimum Gasteiger partial charge on any atom is -0.347 e. The number of hydrazone groups is 1. The molecule has 0 aliphatic carbocycles. The quantitative estimate of drug-likeness (QED) is 0.557. The van der Waals surface area contributed by atoms with E-state index in [4.69, 9.17) is 0 Å². The number of hydrogen-bond acceptors (Lipinski definition) is 2. The standard InChI is InChI=1S/C17H17N3/c1-2-20-13-14(16-10-6-7-11-17(16)20)12-18-19-15-8-4-3-5-9-15/h3-13,19H,2H2,1H3/b18-12-. The van der Waals surface area contributed by atoms with Gasteiger partial charge in [-0.3, -0.25) is 5.43 Å². The van der Waals surface area contributed by atoms with Crippen LogP contribution in [-0.4, -0.2) is 10.8 Å². The molecule has 0 atom stereocenters. The van der Waals surface area contributed by atoms with E-state index in [1.54, 1.807) is 0 Å². The van der Waals surface area contributed by atoms with Crippen LogP contribution in [0.3, 0.4) is 0 Å². The van der Waals surface area contributed by atoms with Gasteiger partial charge in [-0.05, 0) is 25.1 Å². The maximum atomic E-state index is 4.32. The van der Waals surface area contributed by atoms with Crippen LogP contribution in [0, 0.1) is 0 Å². The Hall–Kier alpha value is -2.55. The van der Waals surface area contributed by atoms with E-state index >= 15 is 0 Å². The molecule has 1 N–H and O–H groups in total. The Bertz CT molecular complexity index is 726. The lowest BCUT2D eigenvalue weighted by Crippen LogP contribution is -1.91. The summed E-state index contributed by atoms with van der Waals surface area (Å²) in [6.07, 6.45) is 4.02. The summed E-state index contributed by atoms with van der Waals surface area (Å²) in [5.41, 5.74) is 6.41. The van der Waals surface area contributed by atoms with E-state index < -0.39 is 0 Å². The van der Waals surface area contributed by atoms with Crippen LogP contribution in [0.15, 0.2) is 65.9 Å². The highest BCUT2D eigenvalue weighted by Crippen LogP contribution is 2.19. The molecule has 0 spiro atoms. The lowest BCUT2D eigenvalue weighted by Gasteiger charge is -1.98. The second-order valence-corrected chi connectivity index (χ2v) is 4.62. The number of aryl methyl sites for hydroxylation is 1. The van der Waals surface area contributed by atoms with Gasteiger partial charge in [0.2, 0.25) is 0 Å². The lowest BCUT2D eigenvalue weighted by atomic mass is 10.2. The van der Waals surface area contributed by atoms with E-state index in [0.717, 1.165) is 17.8 Å². The normalized spacial score (nSPS) is 11.2. The highest BCUT2D eigenvalue weighted by molar-refractivity contribution is 5.99. The van der Waals surface area contributed by atoms with Gasteiger partial charge in [-0.15, -0.1) is 0 Å². The molecule has 0 radical (unpaired) electrons. The van der Waals surface area contributed by atoms with Gasteiger partial charge in [0, 0.05) is 29.2 Å². The maximum Gasteiger partial charge on any atom is 0.0566 e. The summed E-state index contributed by atoms with van der Waals surface area (Å²) in [7, 11) is 0. The molecule has 0 unspecified atom stereocenters. The van der Waals surface area contributed by atoms with Gasteiger partial charge < -0.3 is 4.57 Å². The second kappa shape index (κ2) is 5.61. The molecular weight excluding hydrogens is 246 g/mol. The molecule has 3 heteroatoms. The third kappa shape index (κ3) is 2.43.